The van der Waals surface area contributed by atoms with Crippen molar-refractivity contribution in [1.29, 1.82) is 0 Å². The highest BCUT2D eigenvalue weighted by Gasteiger charge is 2.58. The van der Waals surface area contributed by atoms with Crippen molar-refractivity contribution in [2.45, 2.75) is 76.0 Å². The molecule has 0 aromatic heterocycles. The first-order valence-corrected chi connectivity index (χ1v) is 8.13. The molecular weight excluding hydrogens is 274 g/mol. The second-order valence-electron chi connectivity index (χ2n) is 7.10. The number of ether oxygens (including phenoxy) is 3. The number of hydrogen-bond donors (Lipinski definition) is 1. The van der Waals surface area contributed by atoms with E-state index in [1.54, 1.807) is 0 Å². The van der Waals surface area contributed by atoms with Gasteiger partial charge in [-0.1, -0.05) is 12.8 Å². The Labute approximate surface area is 125 Å². The molecule has 3 aliphatic heterocycles. The number of rotatable bonds is 2. The zero-order valence-electron chi connectivity index (χ0n) is 12.7. The Kier molecular flexibility index (Phi) is 3.52. The Morgan fingerprint density at radius 2 is 1.90 bits per heavy atom. The molecule has 21 heavy (non-hydrogen) atoms. The smallest absolute Gasteiger partial charge is 0.164 e. The van der Waals surface area contributed by atoms with Crippen molar-refractivity contribution in [3.63, 3.8) is 0 Å². The van der Waals surface area contributed by atoms with Crippen LogP contribution in [0.2, 0.25) is 0 Å². The van der Waals surface area contributed by atoms with Gasteiger partial charge in [-0.2, -0.15) is 5.06 Å². The standard InChI is InChI=1S/C15H25NO5/c1-15(2)19-12-11(8-17)18-14(13(12)20-15)16-7-9-5-3-4-6-10(9)21-16/h9-14,17H,3-8H2,1-2H3/t9-,10-,11-,12-,13-,14-/m1/s1. The van der Waals surface area contributed by atoms with Gasteiger partial charge in [0, 0.05) is 12.5 Å². The molecule has 1 aliphatic carbocycles. The zero-order chi connectivity index (χ0) is 14.6. The van der Waals surface area contributed by atoms with Crippen molar-refractivity contribution in [3.8, 4) is 0 Å². The fourth-order valence-corrected chi connectivity index (χ4v) is 4.17. The van der Waals surface area contributed by atoms with E-state index < -0.39 is 5.79 Å². The monoisotopic (exact) mass is 299 g/mol. The average molecular weight is 299 g/mol. The van der Waals surface area contributed by atoms with E-state index in [1.165, 1.54) is 19.3 Å². The summed E-state index contributed by atoms with van der Waals surface area (Å²) in [4.78, 5) is 6.11. The largest absolute Gasteiger partial charge is 0.394 e. The minimum absolute atomic E-state index is 0.0577. The van der Waals surface area contributed by atoms with Crippen LogP contribution in [-0.2, 0) is 19.0 Å². The number of hydrogen-bond acceptors (Lipinski definition) is 6. The molecule has 3 saturated heterocycles. The molecule has 3 heterocycles. The van der Waals surface area contributed by atoms with Crippen LogP contribution in [0.15, 0.2) is 0 Å². The third-order valence-corrected chi connectivity index (χ3v) is 5.11. The van der Waals surface area contributed by atoms with E-state index in [0.29, 0.717) is 12.0 Å². The van der Waals surface area contributed by atoms with Gasteiger partial charge in [-0.25, -0.2) is 0 Å². The summed E-state index contributed by atoms with van der Waals surface area (Å²) in [6.45, 7) is 4.64. The molecule has 4 fully saturated rings. The van der Waals surface area contributed by atoms with E-state index in [-0.39, 0.29) is 31.1 Å². The quantitative estimate of drug-likeness (QED) is 0.822. The van der Waals surface area contributed by atoms with E-state index in [4.69, 9.17) is 19.0 Å². The number of nitrogens with zero attached hydrogens (tertiary/aromatic N) is 1. The lowest BCUT2D eigenvalue weighted by Crippen LogP contribution is -2.42. The lowest BCUT2D eigenvalue weighted by Gasteiger charge is -2.28. The third kappa shape index (κ3) is 2.42. The molecule has 0 bridgehead atoms. The van der Waals surface area contributed by atoms with Crippen LogP contribution in [-0.4, -0.2) is 59.8 Å². The maximum atomic E-state index is 9.53. The van der Waals surface area contributed by atoms with Crippen molar-refractivity contribution in [2.75, 3.05) is 13.2 Å². The van der Waals surface area contributed by atoms with Gasteiger partial charge in [-0.05, 0) is 26.7 Å². The minimum Gasteiger partial charge on any atom is -0.394 e. The van der Waals surface area contributed by atoms with Crippen LogP contribution >= 0.6 is 0 Å². The predicted molar refractivity (Wildman–Crippen MR) is 73.1 cm³/mol. The van der Waals surface area contributed by atoms with Crippen molar-refractivity contribution in [1.82, 2.24) is 5.06 Å². The molecule has 6 atom stereocenters. The summed E-state index contributed by atoms with van der Waals surface area (Å²) in [5, 5.41) is 11.5. The molecule has 120 valence electrons. The molecule has 0 amide bonds. The molecule has 6 heteroatoms. The Morgan fingerprint density at radius 1 is 1.14 bits per heavy atom. The van der Waals surface area contributed by atoms with Gasteiger partial charge < -0.3 is 19.3 Å². The van der Waals surface area contributed by atoms with Crippen LogP contribution in [0, 0.1) is 5.92 Å². The van der Waals surface area contributed by atoms with Gasteiger partial charge in [-0.3, -0.25) is 4.84 Å². The predicted octanol–water partition coefficient (Wildman–Crippen LogP) is 1.03. The highest BCUT2D eigenvalue weighted by atomic mass is 16.8. The van der Waals surface area contributed by atoms with Gasteiger partial charge in [0.25, 0.3) is 0 Å². The minimum atomic E-state index is -0.628. The second kappa shape index (κ2) is 5.15. The number of aliphatic hydroxyl groups excluding tert-OH is 1. The van der Waals surface area contributed by atoms with E-state index in [1.807, 2.05) is 18.9 Å². The van der Waals surface area contributed by atoms with Crippen molar-refractivity contribution in [3.05, 3.63) is 0 Å². The molecule has 1 N–H and O–H groups in total. The molecule has 6 nitrogen and oxygen atoms in total. The van der Waals surface area contributed by atoms with Crippen LogP contribution in [0.1, 0.15) is 39.5 Å². The summed E-state index contributed by atoms with van der Waals surface area (Å²) >= 11 is 0. The molecular formula is C15H25NO5. The Balaban J connectivity index is 1.50. The Hall–Kier alpha value is -0.240. The molecule has 4 rings (SSSR count). The van der Waals surface area contributed by atoms with Crippen LogP contribution in [0.3, 0.4) is 0 Å². The summed E-state index contributed by atoms with van der Waals surface area (Å²) in [5.41, 5.74) is 0. The first-order chi connectivity index (χ1) is 10.1. The summed E-state index contributed by atoms with van der Waals surface area (Å²) < 4.78 is 17.9. The van der Waals surface area contributed by atoms with Gasteiger partial charge in [0.1, 0.15) is 18.3 Å². The fraction of sp³-hybridized carbons (Fsp3) is 1.00. The number of aliphatic hydroxyl groups is 1. The molecule has 1 saturated carbocycles. The lowest BCUT2D eigenvalue weighted by atomic mass is 9.87. The van der Waals surface area contributed by atoms with Crippen molar-refractivity contribution in [2.24, 2.45) is 5.92 Å². The first kappa shape index (κ1) is 14.4. The number of fused-ring (bicyclic) bond motifs is 2. The Bertz CT molecular complexity index is 390. The fourth-order valence-electron chi connectivity index (χ4n) is 4.17. The van der Waals surface area contributed by atoms with E-state index in [0.717, 1.165) is 13.0 Å². The SMILES string of the molecule is CC1(C)O[C@@H]2[C@H](O1)[C@@H](CO)O[C@H]2N1C[C@H]2CCCC[C@H]2O1. The van der Waals surface area contributed by atoms with Gasteiger partial charge in [-0.15, -0.1) is 0 Å². The molecule has 0 unspecified atom stereocenters. The number of hydroxylamine groups is 2. The highest BCUT2D eigenvalue weighted by molar-refractivity contribution is 4.98. The lowest BCUT2D eigenvalue weighted by molar-refractivity contribution is -0.276. The van der Waals surface area contributed by atoms with E-state index in [2.05, 4.69) is 0 Å². The van der Waals surface area contributed by atoms with Gasteiger partial charge >= 0.3 is 0 Å². The zero-order valence-corrected chi connectivity index (χ0v) is 12.7. The van der Waals surface area contributed by atoms with Crippen LogP contribution in [0.4, 0.5) is 0 Å². The molecule has 0 spiro atoms. The van der Waals surface area contributed by atoms with Crippen molar-refractivity contribution >= 4 is 0 Å². The van der Waals surface area contributed by atoms with Crippen molar-refractivity contribution < 1.29 is 24.2 Å². The second-order valence-corrected chi connectivity index (χ2v) is 7.10. The maximum absolute atomic E-state index is 9.53. The average Bonchev–Trinajstić information content (AvgIpc) is 3.08. The van der Waals surface area contributed by atoms with E-state index >= 15 is 0 Å². The Morgan fingerprint density at radius 3 is 2.67 bits per heavy atom. The highest BCUT2D eigenvalue weighted by Crippen LogP contribution is 2.42. The summed E-state index contributed by atoms with van der Waals surface area (Å²) in [7, 11) is 0. The van der Waals surface area contributed by atoms with Gasteiger partial charge in [0.05, 0.1) is 12.7 Å². The molecule has 0 radical (unpaired) electrons. The van der Waals surface area contributed by atoms with E-state index in [9.17, 15) is 5.11 Å². The summed E-state index contributed by atoms with van der Waals surface area (Å²) in [6, 6.07) is 0. The van der Waals surface area contributed by atoms with Gasteiger partial charge in [0.15, 0.2) is 12.0 Å². The molecule has 4 aliphatic rings. The third-order valence-electron chi connectivity index (χ3n) is 5.11. The summed E-state index contributed by atoms with van der Waals surface area (Å²) in [6.07, 6.45) is 4.19. The molecule has 0 aromatic rings. The van der Waals surface area contributed by atoms with Crippen LogP contribution in [0.5, 0.6) is 0 Å². The first-order valence-electron chi connectivity index (χ1n) is 8.13. The molecule has 0 aromatic carbocycles. The van der Waals surface area contributed by atoms with Gasteiger partial charge in [0.2, 0.25) is 0 Å². The summed E-state index contributed by atoms with van der Waals surface area (Å²) in [5.74, 6) is -0.0265. The topological polar surface area (TPSA) is 60.4 Å². The van der Waals surface area contributed by atoms with Crippen LogP contribution < -0.4 is 0 Å². The normalized spacial score (nSPS) is 49.3. The maximum Gasteiger partial charge on any atom is 0.164 e. The van der Waals surface area contributed by atoms with Crippen LogP contribution in [0.25, 0.3) is 0 Å².